The van der Waals surface area contributed by atoms with Gasteiger partial charge in [-0.3, -0.25) is 0 Å². The molecule has 2 heterocycles. The molecule has 1 saturated heterocycles. The van der Waals surface area contributed by atoms with Gasteiger partial charge in [0.2, 0.25) is 16.6 Å². The van der Waals surface area contributed by atoms with Gasteiger partial charge in [0.1, 0.15) is 17.6 Å². The topological polar surface area (TPSA) is 80.1 Å². The first-order valence-corrected chi connectivity index (χ1v) is 11.6. The van der Waals surface area contributed by atoms with Gasteiger partial charge in [0.15, 0.2) is 0 Å². The van der Waals surface area contributed by atoms with E-state index in [0.29, 0.717) is 42.9 Å². The summed E-state index contributed by atoms with van der Waals surface area (Å²) in [4.78, 5) is -0.109. The molecule has 0 aromatic heterocycles. The second kappa shape index (κ2) is 7.63. The number of hydrogen-bond acceptors (Lipinski definition) is 5. The molecule has 2 aliphatic rings. The van der Waals surface area contributed by atoms with Crippen LogP contribution in [0.4, 0.5) is 4.39 Å². The van der Waals surface area contributed by atoms with Crippen LogP contribution >= 0.6 is 15.9 Å². The third-order valence-electron chi connectivity index (χ3n) is 5.60. The summed E-state index contributed by atoms with van der Waals surface area (Å²) in [6.45, 7) is 2.71. The quantitative estimate of drug-likeness (QED) is 0.533. The molecule has 156 valence electrons. The van der Waals surface area contributed by atoms with Gasteiger partial charge in [0, 0.05) is 13.2 Å². The van der Waals surface area contributed by atoms with Gasteiger partial charge in [-0.15, -0.1) is 0 Å². The number of sulfone groups is 1. The lowest BCUT2D eigenvalue weighted by Gasteiger charge is -2.34. The van der Waals surface area contributed by atoms with Crippen molar-refractivity contribution in [1.29, 1.82) is 0 Å². The zero-order valence-corrected chi connectivity index (χ0v) is 18.2. The highest BCUT2D eigenvalue weighted by molar-refractivity contribution is 9.09. The van der Waals surface area contributed by atoms with Gasteiger partial charge >= 0.3 is 0 Å². The van der Waals surface area contributed by atoms with Crippen LogP contribution < -0.4 is 9.80 Å². The second-order valence-electron chi connectivity index (χ2n) is 7.43. The predicted octanol–water partition coefficient (Wildman–Crippen LogP) is 2.85. The molecule has 2 aromatic rings. The highest BCUT2D eigenvalue weighted by Gasteiger charge is 2.34. The van der Waals surface area contributed by atoms with E-state index >= 15 is 0 Å². The zero-order valence-electron chi connectivity index (χ0n) is 15.8. The molecule has 1 fully saturated rings. The van der Waals surface area contributed by atoms with E-state index in [-0.39, 0.29) is 27.6 Å². The van der Waals surface area contributed by atoms with Crippen LogP contribution in [0.5, 0.6) is 5.75 Å². The van der Waals surface area contributed by atoms with Gasteiger partial charge in [0.05, 0.1) is 19.7 Å². The van der Waals surface area contributed by atoms with Gasteiger partial charge in [-0.25, -0.2) is 12.8 Å². The number of fused-ring (bicyclic) bond motifs is 1. The van der Waals surface area contributed by atoms with Crippen LogP contribution in [0.25, 0.3) is 0 Å². The Bertz CT molecular complexity index is 1040. The van der Waals surface area contributed by atoms with Crippen LogP contribution in [-0.4, -0.2) is 28.4 Å². The van der Waals surface area contributed by atoms with E-state index in [0.717, 1.165) is 6.07 Å². The van der Waals surface area contributed by atoms with Crippen LogP contribution in [0.3, 0.4) is 0 Å². The van der Waals surface area contributed by atoms with Gasteiger partial charge in [-0.1, -0.05) is 15.9 Å². The average molecular weight is 486 g/mol. The number of hydroxylamine groups is 2. The average Bonchev–Trinajstić information content (AvgIpc) is 2.70. The number of halogens is 2. The molecule has 0 saturated carbocycles. The lowest BCUT2D eigenvalue weighted by atomic mass is 9.91. The van der Waals surface area contributed by atoms with Crippen LogP contribution in [-0.2, 0) is 18.9 Å². The maximum Gasteiger partial charge on any atom is 0.222 e. The van der Waals surface area contributed by atoms with E-state index in [9.17, 15) is 18.0 Å². The summed E-state index contributed by atoms with van der Waals surface area (Å²) >= 11 is 3.66. The SMILES string of the molecule is CC1c2ccc(S(=O)(=O)c3cc(F)cc(C4(Br)CCOCC4)c3)cc2OC[NH+]1[O-]. The molecular weight excluding hydrogens is 465 g/mol. The molecule has 2 aromatic carbocycles. The Kier molecular flexibility index (Phi) is 5.45. The van der Waals surface area contributed by atoms with E-state index in [1.54, 1.807) is 13.0 Å². The molecule has 1 N–H and O–H groups in total. The molecule has 29 heavy (non-hydrogen) atoms. The third kappa shape index (κ3) is 3.82. The van der Waals surface area contributed by atoms with Crippen LogP contribution in [0.15, 0.2) is 46.2 Å². The standard InChI is InChI=1S/C20H21BrFNO5S/c1-13-18-3-2-16(11-19(18)28-12-23(13)24)29(25,26)17-9-14(8-15(22)10-17)20(21)4-6-27-7-5-20/h2-3,8-11,13,23H,4-7,12H2,1H3. The van der Waals surface area contributed by atoms with Crippen molar-refractivity contribution in [3.63, 3.8) is 0 Å². The first-order valence-electron chi connectivity index (χ1n) is 9.33. The first kappa shape index (κ1) is 20.7. The van der Waals surface area contributed by atoms with Crippen LogP contribution in [0, 0.1) is 11.0 Å². The summed E-state index contributed by atoms with van der Waals surface area (Å²) in [6, 6.07) is 8.01. The summed E-state index contributed by atoms with van der Waals surface area (Å²) < 4.78 is 51.1. The van der Waals surface area contributed by atoms with E-state index in [1.165, 1.54) is 24.3 Å². The van der Waals surface area contributed by atoms with Gasteiger partial charge < -0.3 is 19.7 Å². The Morgan fingerprint density at radius 3 is 2.62 bits per heavy atom. The molecule has 0 bridgehead atoms. The fraction of sp³-hybridized carbons (Fsp3) is 0.400. The minimum atomic E-state index is -3.97. The monoisotopic (exact) mass is 485 g/mol. The molecule has 0 aliphatic carbocycles. The highest BCUT2D eigenvalue weighted by Crippen LogP contribution is 2.42. The minimum Gasteiger partial charge on any atom is -0.631 e. The Balaban J connectivity index is 1.75. The van der Waals surface area contributed by atoms with Gasteiger partial charge in [-0.05, 0) is 61.7 Å². The smallest absolute Gasteiger partial charge is 0.222 e. The molecule has 0 spiro atoms. The van der Waals surface area contributed by atoms with Crippen molar-refractivity contribution in [2.24, 2.45) is 0 Å². The third-order valence-corrected chi connectivity index (χ3v) is 8.58. The summed E-state index contributed by atoms with van der Waals surface area (Å²) in [5.74, 6) is -0.240. The fourth-order valence-corrected chi connectivity index (χ4v) is 5.59. The van der Waals surface area contributed by atoms with Crippen molar-refractivity contribution in [3.05, 3.63) is 58.5 Å². The van der Waals surface area contributed by atoms with Gasteiger partial charge in [-0.2, -0.15) is 0 Å². The normalized spacial score (nSPS) is 23.9. The van der Waals surface area contributed by atoms with E-state index in [4.69, 9.17) is 9.47 Å². The molecule has 2 atom stereocenters. The highest BCUT2D eigenvalue weighted by atomic mass is 79.9. The molecule has 0 radical (unpaired) electrons. The van der Waals surface area contributed by atoms with E-state index < -0.39 is 20.0 Å². The zero-order chi connectivity index (χ0) is 20.8. The summed E-state index contributed by atoms with van der Waals surface area (Å²) in [5, 5.41) is 11.8. The van der Waals surface area contributed by atoms with Crippen molar-refractivity contribution in [3.8, 4) is 5.75 Å². The Labute approximate surface area is 177 Å². The van der Waals surface area contributed by atoms with Crippen LogP contribution in [0.1, 0.15) is 36.9 Å². The molecule has 2 aliphatic heterocycles. The van der Waals surface area contributed by atoms with Crippen molar-refractivity contribution < 1.29 is 27.3 Å². The molecule has 0 amide bonds. The molecule has 2 unspecified atom stereocenters. The predicted molar refractivity (Wildman–Crippen MR) is 107 cm³/mol. The number of rotatable bonds is 3. The Hall–Kier alpha value is -1.52. The largest absolute Gasteiger partial charge is 0.631 e. The number of ether oxygens (including phenoxy) is 2. The number of hydrogen-bond donors (Lipinski definition) is 1. The Morgan fingerprint density at radius 1 is 1.17 bits per heavy atom. The molecule has 9 heteroatoms. The summed E-state index contributed by atoms with van der Waals surface area (Å²) in [7, 11) is -3.97. The first-order chi connectivity index (χ1) is 13.7. The minimum absolute atomic E-state index is 0.00458. The second-order valence-corrected chi connectivity index (χ2v) is 10.9. The number of alkyl halides is 1. The number of quaternary nitrogens is 1. The van der Waals surface area contributed by atoms with Crippen LogP contribution in [0.2, 0.25) is 0 Å². The van der Waals surface area contributed by atoms with Crippen molar-refractivity contribution >= 4 is 25.8 Å². The lowest BCUT2D eigenvalue weighted by molar-refractivity contribution is -0.900. The van der Waals surface area contributed by atoms with Crippen molar-refractivity contribution in [2.75, 3.05) is 19.9 Å². The van der Waals surface area contributed by atoms with E-state index in [2.05, 4.69) is 15.9 Å². The Morgan fingerprint density at radius 2 is 1.90 bits per heavy atom. The van der Waals surface area contributed by atoms with Gasteiger partial charge in [0.25, 0.3) is 0 Å². The number of nitrogens with one attached hydrogen (secondary N) is 1. The van der Waals surface area contributed by atoms with Crippen molar-refractivity contribution in [2.45, 2.75) is 39.9 Å². The maximum absolute atomic E-state index is 14.4. The molecular formula is C20H21BrFNO5S. The van der Waals surface area contributed by atoms with E-state index in [1.807, 2.05) is 0 Å². The van der Waals surface area contributed by atoms with Crippen molar-refractivity contribution in [1.82, 2.24) is 0 Å². The lowest BCUT2D eigenvalue weighted by Crippen LogP contribution is -3.08. The molecule has 4 rings (SSSR count). The number of benzene rings is 2. The summed E-state index contributed by atoms with van der Waals surface area (Å²) in [5.41, 5.74) is 1.23. The summed E-state index contributed by atoms with van der Waals surface area (Å²) in [6.07, 6.45) is 1.24. The molecule has 6 nitrogen and oxygen atoms in total. The maximum atomic E-state index is 14.4. The fourth-order valence-electron chi connectivity index (χ4n) is 3.71.